The minimum absolute atomic E-state index is 0.129. The van der Waals surface area contributed by atoms with Crippen LogP contribution in [0.15, 0.2) is 29.8 Å². The van der Waals surface area contributed by atoms with Crippen molar-refractivity contribution in [1.29, 1.82) is 0 Å². The summed E-state index contributed by atoms with van der Waals surface area (Å²) in [6.07, 6.45) is 1.56. The summed E-state index contributed by atoms with van der Waals surface area (Å²) in [4.78, 5) is 12.6. The molecule has 2 aromatic heterocycles. The van der Waals surface area contributed by atoms with Crippen LogP contribution in [-0.2, 0) is 6.54 Å². The molecule has 0 radical (unpaired) electrons. The van der Waals surface area contributed by atoms with Crippen molar-refractivity contribution in [2.75, 3.05) is 0 Å². The van der Waals surface area contributed by atoms with Crippen LogP contribution in [0, 0.1) is 0 Å². The standard InChI is InChI=1S/C9H9N3OS/c13-9(8-3-4-11-12-8)10-6-7-2-1-5-14-7/h1-5H,6H2,(H,10,13)(H,11,12). The van der Waals surface area contributed by atoms with E-state index in [0.717, 1.165) is 4.88 Å². The Balaban J connectivity index is 1.90. The van der Waals surface area contributed by atoms with E-state index in [0.29, 0.717) is 12.2 Å². The summed E-state index contributed by atoms with van der Waals surface area (Å²) in [6, 6.07) is 5.59. The van der Waals surface area contributed by atoms with Crippen molar-refractivity contribution in [1.82, 2.24) is 15.5 Å². The molecule has 0 saturated heterocycles. The van der Waals surface area contributed by atoms with E-state index >= 15 is 0 Å². The third-order valence-corrected chi connectivity index (χ3v) is 2.63. The van der Waals surface area contributed by atoms with Gasteiger partial charge in [0.1, 0.15) is 5.69 Å². The summed E-state index contributed by atoms with van der Waals surface area (Å²) < 4.78 is 0. The van der Waals surface area contributed by atoms with E-state index in [9.17, 15) is 4.79 Å². The lowest BCUT2D eigenvalue weighted by Gasteiger charge is -2.00. The average Bonchev–Trinajstić information content (AvgIpc) is 2.87. The molecule has 2 rings (SSSR count). The van der Waals surface area contributed by atoms with E-state index in [1.807, 2.05) is 17.5 Å². The van der Waals surface area contributed by atoms with Crippen molar-refractivity contribution < 1.29 is 4.79 Å². The van der Waals surface area contributed by atoms with Crippen molar-refractivity contribution in [2.24, 2.45) is 0 Å². The molecule has 2 aromatic rings. The highest BCUT2D eigenvalue weighted by molar-refractivity contribution is 7.09. The van der Waals surface area contributed by atoms with Gasteiger partial charge in [0.25, 0.3) is 5.91 Å². The third-order valence-electron chi connectivity index (χ3n) is 1.75. The van der Waals surface area contributed by atoms with Gasteiger partial charge in [0.15, 0.2) is 0 Å². The summed E-state index contributed by atoms with van der Waals surface area (Å²) in [7, 11) is 0. The molecular formula is C9H9N3OS. The van der Waals surface area contributed by atoms with Crippen LogP contribution in [0.4, 0.5) is 0 Å². The van der Waals surface area contributed by atoms with Gasteiger partial charge >= 0.3 is 0 Å². The number of nitrogens with zero attached hydrogens (tertiary/aromatic N) is 1. The van der Waals surface area contributed by atoms with Gasteiger partial charge in [-0.3, -0.25) is 9.89 Å². The maximum Gasteiger partial charge on any atom is 0.269 e. The highest BCUT2D eigenvalue weighted by Gasteiger charge is 2.05. The van der Waals surface area contributed by atoms with Crippen LogP contribution >= 0.6 is 11.3 Å². The molecule has 0 atom stereocenters. The number of amides is 1. The fourth-order valence-corrected chi connectivity index (χ4v) is 1.70. The number of aromatic nitrogens is 2. The molecule has 0 saturated carbocycles. The summed E-state index contributed by atoms with van der Waals surface area (Å²) in [6.45, 7) is 0.565. The topological polar surface area (TPSA) is 57.8 Å². The van der Waals surface area contributed by atoms with Crippen LogP contribution in [0.3, 0.4) is 0 Å². The van der Waals surface area contributed by atoms with E-state index in [2.05, 4.69) is 15.5 Å². The Labute approximate surface area is 85.0 Å². The number of hydrogen-bond donors (Lipinski definition) is 2. The highest BCUT2D eigenvalue weighted by atomic mass is 32.1. The smallest absolute Gasteiger partial charge is 0.269 e. The van der Waals surface area contributed by atoms with Crippen LogP contribution < -0.4 is 5.32 Å². The van der Waals surface area contributed by atoms with Crippen LogP contribution in [0.2, 0.25) is 0 Å². The van der Waals surface area contributed by atoms with Gasteiger partial charge in [0.05, 0.1) is 6.54 Å². The molecule has 5 heteroatoms. The van der Waals surface area contributed by atoms with Crippen LogP contribution in [0.25, 0.3) is 0 Å². The molecule has 0 aliphatic carbocycles. The normalized spacial score (nSPS) is 10.0. The number of thiophene rings is 1. The molecule has 0 aliphatic heterocycles. The molecule has 2 N–H and O–H groups in total. The molecule has 0 aromatic carbocycles. The molecule has 0 aliphatic rings. The lowest BCUT2D eigenvalue weighted by Crippen LogP contribution is -2.22. The second-order valence-corrected chi connectivity index (χ2v) is 3.76. The van der Waals surface area contributed by atoms with Gasteiger partial charge < -0.3 is 5.32 Å². The summed E-state index contributed by atoms with van der Waals surface area (Å²) in [5.41, 5.74) is 0.488. The van der Waals surface area contributed by atoms with Gasteiger partial charge in [0.2, 0.25) is 0 Å². The van der Waals surface area contributed by atoms with Gasteiger partial charge in [-0.05, 0) is 17.5 Å². The largest absolute Gasteiger partial charge is 0.346 e. The van der Waals surface area contributed by atoms with E-state index in [1.165, 1.54) is 0 Å². The maximum absolute atomic E-state index is 11.4. The van der Waals surface area contributed by atoms with Crippen molar-refractivity contribution in [3.8, 4) is 0 Å². The Morgan fingerprint density at radius 2 is 2.50 bits per heavy atom. The Hall–Kier alpha value is -1.62. The number of aromatic amines is 1. The minimum atomic E-state index is -0.129. The van der Waals surface area contributed by atoms with Gasteiger partial charge in [-0.1, -0.05) is 6.07 Å². The molecule has 72 valence electrons. The van der Waals surface area contributed by atoms with Crippen LogP contribution in [-0.4, -0.2) is 16.1 Å². The first-order chi connectivity index (χ1) is 6.86. The van der Waals surface area contributed by atoms with Crippen molar-refractivity contribution in [3.63, 3.8) is 0 Å². The quantitative estimate of drug-likeness (QED) is 0.799. The Morgan fingerprint density at radius 3 is 3.14 bits per heavy atom. The first-order valence-electron chi connectivity index (χ1n) is 4.16. The number of hydrogen-bond acceptors (Lipinski definition) is 3. The lowest BCUT2D eigenvalue weighted by atomic mass is 10.4. The van der Waals surface area contributed by atoms with Crippen LogP contribution in [0.5, 0.6) is 0 Å². The van der Waals surface area contributed by atoms with Gasteiger partial charge in [-0.25, -0.2) is 0 Å². The fourth-order valence-electron chi connectivity index (χ4n) is 1.06. The van der Waals surface area contributed by atoms with Crippen molar-refractivity contribution in [2.45, 2.75) is 6.54 Å². The fraction of sp³-hybridized carbons (Fsp3) is 0.111. The van der Waals surface area contributed by atoms with Gasteiger partial charge in [-0.2, -0.15) is 5.10 Å². The molecule has 2 heterocycles. The maximum atomic E-state index is 11.4. The number of rotatable bonds is 3. The third kappa shape index (κ3) is 2.00. The van der Waals surface area contributed by atoms with Gasteiger partial charge in [0, 0.05) is 11.1 Å². The van der Waals surface area contributed by atoms with Crippen LogP contribution in [0.1, 0.15) is 15.4 Å². The number of carbonyl (C=O) groups excluding carboxylic acids is 1. The summed E-state index contributed by atoms with van der Waals surface area (Å²) in [5, 5.41) is 11.1. The monoisotopic (exact) mass is 207 g/mol. The predicted molar refractivity (Wildman–Crippen MR) is 54.1 cm³/mol. The zero-order valence-corrected chi connectivity index (χ0v) is 8.17. The van der Waals surface area contributed by atoms with E-state index in [1.54, 1.807) is 23.6 Å². The summed E-state index contributed by atoms with van der Waals surface area (Å²) in [5.74, 6) is -0.129. The number of carbonyl (C=O) groups is 1. The zero-order valence-electron chi connectivity index (χ0n) is 7.36. The molecular weight excluding hydrogens is 198 g/mol. The zero-order chi connectivity index (χ0) is 9.80. The molecule has 0 spiro atoms. The highest BCUT2D eigenvalue weighted by Crippen LogP contribution is 2.07. The number of nitrogens with one attached hydrogen (secondary N) is 2. The first kappa shape index (κ1) is 8.96. The molecule has 0 bridgehead atoms. The molecule has 0 unspecified atom stereocenters. The van der Waals surface area contributed by atoms with Gasteiger partial charge in [-0.15, -0.1) is 11.3 Å². The van der Waals surface area contributed by atoms with Crippen molar-refractivity contribution >= 4 is 17.2 Å². The molecule has 4 nitrogen and oxygen atoms in total. The van der Waals surface area contributed by atoms with Crippen molar-refractivity contribution in [3.05, 3.63) is 40.3 Å². The first-order valence-corrected chi connectivity index (χ1v) is 5.04. The van der Waals surface area contributed by atoms with E-state index in [4.69, 9.17) is 0 Å². The predicted octanol–water partition coefficient (Wildman–Crippen LogP) is 1.40. The second kappa shape index (κ2) is 4.06. The van der Waals surface area contributed by atoms with E-state index in [-0.39, 0.29) is 5.91 Å². The minimum Gasteiger partial charge on any atom is -0.346 e. The molecule has 1 amide bonds. The van der Waals surface area contributed by atoms with E-state index < -0.39 is 0 Å². The lowest BCUT2D eigenvalue weighted by molar-refractivity contribution is 0.0946. The molecule has 14 heavy (non-hydrogen) atoms. The number of H-pyrrole nitrogens is 1. The Bertz CT molecular complexity index is 394. The average molecular weight is 207 g/mol. The Morgan fingerprint density at radius 1 is 1.57 bits per heavy atom. The Kier molecular flexibility index (Phi) is 2.60. The summed E-state index contributed by atoms with van der Waals surface area (Å²) >= 11 is 1.62. The SMILES string of the molecule is O=C(NCc1cccs1)c1ccn[nH]1. The molecule has 0 fully saturated rings. The second-order valence-electron chi connectivity index (χ2n) is 2.73.